The third-order valence-corrected chi connectivity index (χ3v) is 1.74. The fraction of sp³-hybridized carbons (Fsp3) is 0.889. The topological polar surface area (TPSA) is 64.3 Å². The Morgan fingerprint density at radius 3 is 2.69 bits per heavy atom. The van der Waals surface area contributed by atoms with Gasteiger partial charge in [-0.1, -0.05) is 6.92 Å². The molecule has 0 rings (SSSR count). The lowest BCUT2D eigenvalue weighted by Crippen LogP contribution is -2.42. The van der Waals surface area contributed by atoms with Crippen LogP contribution >= 0.6 is 0 Å². The van der Waals surface area contributed by atoms with Crippen molar-refractivity contribution in [2.45, 2.75) is 32.7 Å². The summed E-state index contributed by atoms with van der Waals surface area (Å²) in [4.78, 5) is 10.9. The van der Waals surface area contributed by atoms with E-state index in [4.69, 9.17) is 10.5 Å². The highest BCUT2D eigenvalue weighted by Crippen LogP contribution is 1.92. The van der Waals surface area contributed by atoms with Crippen molar-refractivity contribution in [1.82, 2.24) is 5.32 Å². The van der Waals surface area contributed by atoms with Gasteiger partial charge < -0.3 is 15.8 Å². The number of ether oxygens (including phenoxy) is 1. The molecule has 0 aliphatic rings. The molecule has 0 heterocycles. The highest BCUT2D eigenvalue weighted by molar-refractivity contribution is 5.79. The first-order valence-electron chi connectivity index (χ1n) is 4.82. The van der Waals surface area contributed by atoms with Crippen molar-refractivity contribution < 1.29 is 9.53 Å². The Morgan fingerprint density at radius 1 is 1.54 bits per heavy atom. The van der Waals surface area contributed by atoms with Crippen molar-refractivity contribution in [3.8, 4) is 0 Å². The number of hydrogen-bond acceptors (Lipinski definition) is 3. The molecule has 4 nitrogen and oxygen atoms in total. The summed E-state index contributed by atoms with van der Waals surface area (Å²) in [6.07, 6.45) is 1.65. The smallest absolute Gasteiger partial charge is 0.234 e. The molecule has 13 heavy (non-hydrogen) atoms. The monoisotopic (exact) mass is 188 g/mol. The highest BCUT2D eigenvalue weighted by atomic mass is 16.5. The summed E-state index contributed by atoms with van der Waals surface area (Å²) in [5.74, 6) is -0.298. The fourth-order valence-corrected chi connectivity index (χ4v) is 1.01. The second kappa shape index (κ2) is 8.01. The fourth-order valence-electron chi connectivity index (χ4n) is 1.01. The van der Waals surface area contributed by atoms with E-state index in [0.717, 1.165) is 13.0 Å². The molecule has 0 aliphatic heterocycles. The molecule has 78 valence electrons. The molecule has 3 N–H and O–H groups in total. The number of nitrogens with one attached hydrogen (secondary N) is 1. The van der Waals surface area contributed by atoms with Crippen LogP contribution in [0.25, 0.3) is 0 Å². The summed E-state index contributed by atoms with van der Waals surface area (Å²) in [6, 6.07) is -0.244. The third kappa shape index (κ3) is 6.54. The van der Waals surface area contributed by atoms with Crippen molar-refractivity contribution in [3.05, 3.63) is 0 Å². The predicted octanol–water partition coefficient (Wildman–Crippen LogP) is 0.267. The second-order valence-electron chi connectivity index (χ2n) is 2.89. The van der Waals surface area contributed by atoms with Crippen molar-refractivity contribution in [2.24, 2.45) is 5.73 Å². The first-order valence-corrected chi connectivity index (χ1v) is 4.82. The molecule has 0 aromatic heterocycles. The molecule has 0 aliphatic carbocycles. The summed E-state index contributed by atoms with van der Waals surface area (Å²) < 4.78 is 5.15. The van der Waals surface area contributed by atoms with Crippen molar-refractivity contribution >= 4 is 5.91 Å². The first kappa shape index (κ1) is 12.4. The molecule has 0 radical (unpaired) electrons. The van der Waals surface area contributed by atoms with Crippen LogP contribution in [0.5, 0.6) is 0 Å². The molecule has 0 saturated carbocycles. The first-order chi connectivity index (χ1) is 6.22. The van der Waals surface area contributed by atoms with E-state index >= 15 is 0 Å². The number of carbonyl (C=O) groups is 1. The van der Waals surface area contributed by atoms with Gasteiger partial charge in [-0.2, -0.15) is 0 Å². The van der Waals surface area contributed by atoms with E-state index in [2.05, 4.69) is 5.32 Å². The number of rotatable bonds is 8. The van der Waals surface area contributed by atoms with E-state index in [1.165, 1.54) is 0 Å². The van der Waals surface area contributed by atoms with E-state index < -0.39 is 0 Å². The molecule has 0 spiro atoms. The van der Waals surface area contributed by atoms with Crippen LogP contribution in [0.3, 0.4) is 0 Å². The summed E-state index contributed by atoms with van der Waals surface area (Å²) in [7, 11) is 0. The molecule has 0 saturated heterocycles. The number of nitrogens with two attached hydrogens (primary N) is 1. The molecule has 0 bridgehead atoms. The Morgan fingerprint density at radius 2 is 2.23 bits per heavy atom. The maximum Gasteiger partial charge on any atom is 0.234 e. The Hall–Kier alpha value is -0.610. The maximum atomic E-state index is 10.9. The van der Waals surface area contributed by atoms with Gasteiger partial charge in [-0.15, -0.1) is 0 Å². The minimum Gasteiger partial charge on any atom is -0.382 e. The highest BCUT2D eigenvalue weighted by Gasteiger charge is 2.12. The Labute approximate surface area is 79.8 Å². The van der Waals surface area contributed by atoms with Crippen LogP contribution in [0, 0.1) is 0 Å². The van der Waals surface area contributed by atoms with E-state index in [0.29, 0.717) is 19.6 Å². The number of primary amides is 1. The predicted molar refractivity (Wildman–Crippen MR) is 52.4 cm³/mol. The van der Waals surface area contributed by atoms with Crippen LogP contribution in [0.4, 0.5) is 0 Å². The van der Waals surface area contributed by atoms with Crippen molar-refractivity contribution in [1.29, 1.82) is 0 Å². The Balaban J connectivity index is 3.61. The number of hydrogen-bond donors (Lipinski definition) is 2. The molecule has 4 heteroatoms. The maximum absolute atomic E-state index is 10.9. The Bertz CT molecular complexity index is 140. The van der Waals surface area contributed by atoms with Crippen LogP contribution in [0.1, 0.15) is 26.7 Å². The number of amides is 1. The summed E-state index contributed by atoms with van der Waals surface area (Å²) in [5.41, 5.74) is 5.20. The van der Waals surface area contributed by atoms with Gasteiger partial charge in [0.1, 0.15) is 0 Å². The summed E-state index contributed by atoms with van der Waals surface area (Å²) >= 11 is 0. The Kier molecular flexibility index (Phi) is 7.63. The van der Waals surface area contributed by atoms with Crippen LogP contribution < -0.4 is 11.1 Å². The quantitative estimate of drug-likeness (QED) is 0.537. The molecule has 1 amide bonds. The zero-order valence-corrected chi connectivity index (χ0v) is 8.51. The minimum atomic E-state index is -0.298. The van der Waals surface area contributed by atoms with Gasteiger partial charge in [0.25, 0.3) is 0 Å². The lowest BCUT2D eigenvalue weighted by atomic mass is 10.2. The van der Waals surface area contributed by atoms with E-state index in [-0.39, 0.29) is 11.9 Å². The molecule has 0 aromatic rings. The molecule has 0 fully saturated rings. The molecular weight excluding hydrogens is 168 g/mol. The molecule has 1 unspecified atom stereocenters. The summed E-state index contributed by atoms with van der Waals surface area (Å²) in [5, 5.41) is 3.07. The van der Waals surface area contributed by atoms with Crippen molar-refractivity contribution in [3.63, 3.8) is 0 Å². The van der Waals surface area contributed by atoms with Gasteiger partial charge in [-0.3, -0.25) is 4.79 Å². The van der Waals surface area contributed by atoms with Crippen LogP contribution in [-0.4, -0.2) is 31.7 Å². The lowest BCUT2D eigenvalue weighted by molar-refractivity contribution is -0.120. The van der Waals surface area contributed by atoms with Gasteiger partial charge in [-0.05, 0) is 26.3 Å². The van der Waals surface area contributed by atoms with Gasteiger partial charge in [0, 0.05) is 13.2 Å². The van der Waals surface area contributed by atoms with Gasteiger partial charge in [0.05, 0.1) is 6.04 Å². The van der Waals surface area contributed by atoms with Gasteiger partial charge >= 0.3 is 0 Å². The molecule has 1 atom stereocenters. The normalized spacial score (nSPS) is 12.8. The standard InChI is InChI=1S/C9H20N2O2/c1-3-6-11-8(9(10)12)5-7-13-4-2/h8,11H,3-7H2,1-2H3,(H2,10,12). The minimum absolute atomic E-state index is 0.244. The lowest BCUT2D eigenvalue weighted by Gasteiger charge is -2.14. The van der Waals surface area contributed by atoms with Gasteiger partial charge in [-0.25, -0.2) is 0 Å². The van der Waals surface area contributed by atoms with Gasteiger partial charge in [0.15, 0.2) is 0 Å². The third-order valence-electron chi connectivity index (χ3n) is 1.74. The average molecular weight is 188 g/mol. The zero-order chi connectivity index (χ0) is 10.1. The zero-order valence-electron chi connectivity index (χ0n) is 8.51. The average Bonchev–Trinajstić information content (AvgIpc) is 2.10. The SMILES string of the molecule is CCCNC(CCOCC)C(N)=O. The van der Waals surface area contributed by atoms with E-state index in [1.54, 1.807) is 0 Å². The second-order valence-corrected chi connectivity index (χ2v) is 2.89. The van der Waals surface area contributed by atoms with E-state index in [9.17, 15) is 4.79 Å². The van der Waals surface area contributed by atoms with Crippen LogP contribution in [0.15, 0.2) is 0 Å². The molecule has 0 aromatic carbocycles. The number of carbonyl (C=O) groups excluding carboxylic acids is 1. The van der Waals surface area contributed by atoms with Crippen LogP contribution in [-0.2, 0) is 9.53 Å². The van der Waals surface area contributed by atoms with Crippen molar-refractivity contribution in [2.75, 3.05) is 19.8 Å². The largest absolute Gasteiger partial charge is 0.382 e. The van der Waals surface area contributed by atoms with E-state index in [1.807, 2.05) is 13.8 Å². The van der Waals surface area contributed by atoms with Gasteiger partial charge in [0.2, 0.25) is 5.91 Å². The summed E-state index contributed by atoms with van der Waals surface area (Å²) in [6.45, 7) is 6.06. The van der Waals surface area contributed by atoms with Crippen LogP contribution in [0.2, 0.25) is 0 Å². The molecular formula is C9H20N2O2.